The number of hydrogen-bond acceptors (Lipinski definition) is 3. The molecule has 0 fully saturated rings. The number of nitrogens with zero attached hydrogens (tertiary/aromatic N) is 1. The van der Waals surface area contributed by atoms with Gasteiger partial charge in [-0.1, -0.05) is 44.9 Å². The van der Waals surface area contributed by atoms with E-state index in [1.54, 1.807) is 0 Å². The second kappa shape index (κ2) is 6.71. The fraction of sp³-hybridized carbons (Fsp3) is 0.471. The Hall–Kier alpha value is -1.61. The molecule has 0 spiro atoms. The molecule has 2 N–H and O–H groups in total. The Kier molecular flexibility index (Phi) is 4.96. The zero-order valence-corrected chi connectivity index (χ0v) is 12.6. The van der Waals surface area contributed by atoms with E-state index in [0.717, 1.165) is 35.1 Å². The number of benzene rings is 1. The highest BCUT2D eigenvalue weighted by molar-refractivity contribution is 5.81. The number of hydrogen-bond donors (Lipinski definition) is 2. The third-order valence-corrected chi connectivity index (χ3v) is 3.99. The lowest BCUT2D eigenvalue weighted by Crippen LogP contribution is -2.28. The second-order valence-corrected chi connectivity index (χ2v) is 5.37. The Morgan fingerprint density at radius 1 is 1.20 bits per heavy atom. The van der Waals surface area contributed by atoms with Crippen LogP contribution >= 0.6 is 0 Å². The molecular weight excluding hydrogens is 248 g/mol. The average Bonchev–Trinajstić information content (AvgIpc) is 2.46. The summed E-state index contributed by atoms with van der Waals surface area (Å²) in [6.45, 7) is 6.84. The van der Waals surface area contributed by atoms with Crippen LogP contribution in [0.2, 0.25) is 0 Å². The van der Waals surface area contributed by atoms with Gasteiger partial charge in [0.1, 0.15) is 5.82 Å². The molecule has 108 valence electrons. The quantitative estimate of drug-likeness (QED) is 0.841. The van der Waals surface area contributed by atoms with Crippen molar-refractivity contribution in [1.82, 2.24) is 4.98 Å². The van der Waals surface area contributed by atoms with E-state index in [4.69, 9.17) is 0 Å². The fourth-order valence-electron chi connectivity index (χ4n) is 2.60. The topological polar surface area (TPSA) is 45.1 Å². The summed E-state index contributed by atoms with van der Waals surface area (Å²) in [6, 6.07) is 10.2. The van der Waals surface area contributed by atoms with Crippen LogP contribution in [0.15, 0.2) is 30.3 Å². The predicted molar refractivity (Wildman–Crippen MR) is 85.0 cm³/mol. The molecule has 0 amide bonds. The van der Waals surface area contributed by atoms with Crippen LogP contribution in [-0.2, 0) is 0 Å². The van der Waals surface area contributed by atoms with Crippen LogP contribution < -0.4 is 5.32 Å². The lowest BCUT2D eigenvalue weighted by Gasteiger charge is -2.21. The van der Waals surface area contributed by atoms with Crippen molar-refractivity contribution < 1.29 is 5.11 Å². The number of fused-ring (bicyclic) bond motifs is 1. The van der Waals surface area contributed by atoms with E-state index in [0.29, 0.717) is 12.5 Å². The Bertz CT molecular complexity index is 564. The molecule has 2 aromatic rings. The standard InChI is InChI=1S/C17H24N2O/c1-4-13(5-2)16(20)11-18-17-12(3)10-14-8-6-7-9-15(14)19-17/h6-10,13,16,20H,4-5,11H2,1-3H3,(H,18,19). The summed E-state index contributed by atoms with van der Waals surface area (Å²) in [5.74, 6) is 1.22. The fourth-order valence-corrected chi connectivity index (χ4v) is 2.60. The molecule has 0 radical (unpaired) electrons. The predicted octanol–water partition coefficient (Wildman–Crippen LogP) is 3.75. The maximum absolute atomic E-state index is 10.2. The first-order valence-corrected chi connectivity index (χ1v) is 7.44. The van der Waals surface area contributed by atoms with Gasteiger partial charge < -0.3 is 10.4 Å². The van der Waals surface area contributed by atoms with Gasteiger partial charge in [-0.2, -0.15) is 0 Å². The zero-order valence-electron chi connectivity index (χ0n) is 12.6. The molecule has 0 bridgehead atoms. The van der Waals surface area contributed by atoms with Gasteiger partial charge in [0, 0.05) is 11.9 Å². The van der Waals surface area contributed by atoms with Gasteiger partial charge in [-0.25, -0.2) is 4.98 Å². The van der Waals surface area contributed by atoms with Crippen molar-refractivity contribution in [2.24, 2.45) is 5.92 Å². The molecule has 20 heavy (non-hydrogen) atoms. The number of para-hydroxylation sites is 1. The first-order chi connectivity index (χ1) is 9.65. The maximum atomic E-state index is 10.2. The Morgan fingerprint density at radius 2 is 1.90 bits per heavy atom. The minimum Gasteiger partial charge on any atom is -0.391 e. The lowest BCUT2D eigenvalue weighted by atomic mass is 9.96. The number of anilines is 1. The van der Waals surface area contributed by atoms with Crippen molar-refractivity contribution in [3.63, 3.8) is 0 Å². The highest BCUT2D eigenvalue weighted by Crippen LogP contribution is 2.20. The first-order valence-electron chi connectivity index (χ1n) is 7.44. The van der Waals surface area contributed by atoms with Crippen LogP contribution in [-0.4, -0.2) is 22.7 Å². The number of aliphatic hydroxyl groups is 1. The summed E-state index contributed by atoms with van der Waals surface area (Å²) in [7, 11) is 0. The summed E-state index contributed by atoms with van der Waals surface area (Å²) in [5.41, 5.74) is 2.10. The number of pyridine rings is 1. The lowest BCUT2D eigenvalue weighted by molar-refractivity contribution is 0.114. The molecule has 0 aliphatic carbocycles. The molecule has 1 atom stereocenters. The summed E-state index contributed by atoms with van der Waals surface area (Å²) in [5, 5.41) is 14.6. The van der Waals surface area contributed by atoms with Crippen LogP contribution in [0.5, 0.6) is 0 Å². The molecule has 3 heteroatoms. The highest BCUT2D eigenvalue weighted by Gasteiger charge is 2.15. The molecule has 2 rings (SSSR count). The van der Waals surface area contributed by atoms with Crippen molar-refractivity contribution in [1.29, 1.82) is 0 Å². The molecular formula is C17H24N2O. The Balaban J connectivity index is 2.11. The zero-order chi connectivity index (χ0) is 14.5. The summed E-state index contributed by atoms with van der Waals surface area (Å²) >= 11 is 0. The van der Waals surface area contributed by atoms with E-state index in [9.17, 15) is 5.11 Å². The van der Waals surface area contributed by atoms with Crippen molar-refractivity contribution >= 4 is 16.7 Å². The third kappa shape index (κ3) is 3.28. The SMILES string of the molecule is CCC(CC)C(O)CNc1nc2ccccc2cc1C. The van der Waals surface area contributed by atoms with Crippen molar-refractivity contribution in [3.8, 4) is 0 Å². The van der Waals surface area contributed by atoms with Gasteiger partial charge in [0.25, 0.3) is 0 Å². The van der Waals surface area contributed by atoms with Gasteiger partial charge in [-0.05, 0) is 30.5 Å². The molecule has 0 saturated heterocycles. The molecule has 0 aliphatic heterocycles. The summed E-state index contributed by atoms with van der Waals surface area (Å²) in [4.78, 5) is 4.64. The third-order valence-electron chi connectivity index (χ3n) is 3.99. The van der Waals surface area contributed by atoms with Crippen LogP contribution in [0, 0.1) is 12.8 Å². The van der Waals surface area contributed by atoms with Crippen molar-refractivity contribution in [2.75, 3.05) is 11.9 Å². The molecule has 1 aromatic heterocycles. The molecule has 0 aliphatic rings. The maximum Gasteiger partial charge on any atom is 0.129 e. The molecule has 1 heterocycles. The largest absolute Gasteiger partial charge is 0.391 e. The van der Waals surface area contributed by atoms with Crippen LogP contribution in [0.25, 0.3) is 10.9 Å². The Morgan fingerprint density at radius 3 is 2.60 bits per heavy atom. The van der Waals surface area contributed by atoms with Gasteiger partial charge in [0.2, 0.25) is 0 Å². The van der Waals surface area contributed by atoms with E-state index >= 15 is 0 Å². The van der Waals surface area contributed by atoms with E-state index in [2.05, 4.69) is 36.3 Å². The van der Waals surface area contributed by atoms with Crippen LogP contribution in [0.4, 0.5) is 5.82 Å². The smallest absolute Gasteiger partial charge is 0.129 e. The van der Waals surface area contributed by atoms with Crippen LogP contribution in [0.1, 0.15) is 32.3 Å². The summed E-state index contributed by atoms with van der Waals surface area (Å²) in [6.07, 6.45) is 1.69. The van der Waals surface area contributed by atoms with E-state index in [-0.39, 0.29) is 6.10 Å². The molecule has 1 unspecified atom stereocenters. The number of aliphatic hydroxyl groups excluding tert-OH is 1. The highest BCUT2D eigenvalue weighted by atomic mass is 16.3. The number of rotatable bonds is 6. The minimum atomic E-state index is -0.322. The Labute approximate surface area is 121 Å². The number of aromatic nitrogens is 1. The number of aryl methyl sites for hydroxylation is 1. The van der Waals surface area contributed by atoms with Gasteiger partial charge in [-0.3, -0.25) is 0 Å². The monoisotopic (exact) mass is 272 g/mol. The molecule has 3 nitrogen and oxygen atoms in total. The van der Waals surface area contributed by atoms with Gasteiger partial charge >= 0.3 is 0 Å². The van der Waals surface area contributed by atoms with Crippen molar-refractivity contribution in [2.45, 2.75) is 39.7 Å². The van der Waals surface area contributed by atoms with Gasteiger partial charge in [-0.15, -0.1) is 0 Å². The van der Waals surface area contributed by atoms with Crippen LogP contribution in [0.3, 0.4) is 0 Å². The van der Waals surface area contributed by atoms with Gasteiger partial charge in [0.15, 0.2) is 0 Å². The number of nitrogens with one attached hydrogen (secondary N) is 1. The average molecular weight is 272 g/mol. The molecule has 0 saturated carbocycles. The minimum absolute atomic E-state index is 0.322. The van der Waals surface area contributed by atoms with Gasteiger partial charge in [0.05, 0.1) is 11.6 Å². The summed E-state index contributed by atoms with van der Waals surface area (Å²) < 4.78 is 0. The first kappa shape index (κ1) is 14.8. The second-order valence-electron chi connectivity index (χ2n) is 5.37. The van der Waals surface area contributed by atoms with E-state index in [1.807, 2.05) is 25.1 Å². The normalized spacial score (nSPS) is 12.8. The van der Waals surface area contributed by atoms with E-state index < -0.39 is 0 Å². The molecule has 1 aromatic carbocycles. The van der Waals surface area contributed by atoms with Crippen molar-refractivity contribution in [3.05, 3.63) is 35.9 Å². The van der Waals surface area contributed by atoms with E-state index in [1.165, 1.54) is 0 Å².